The van der Waals surface area contributed by atoms with E-state index in [1.54, 1.807) is 71.4 Å². The molecule has 9 rings (SSSR count). The van der Waals surface area contributed by atoms with Gasteiger partial charge in [-0.3, -0.25) is 4.67 Å². The summed E-state index contributed by atoms with van der Waals surface area (Å²) in [7, 11) is -5.16. The molecule has 0 unspecified atom stereocenters. The molecule has 31 heteroatoms. The largest absolute Gasteiger partial charge is 0.460 e. The number of alkyl halides is 26. The lowest BCUT2D eigenvalue weighted by Crippen LogP contribution is -2.70. The molecular weight excluding hydrogens is 1330 g/mol. The Balaban J connectivity index is 1.22. The zero-order chi connectivity index (χ0) is 68.0. The molecule has 0 N–H and O–H groups in total. The maximum atomic E-state index is 15.4. The van der Waals surface area contributed by atoms with E-state index in [1.165, 1.54) is 24.3 Å². The molecule has 1 aromatic heterocycles. The molecule has 1 aliphatic heterocycles. The fourth-order valence-corrected chi connectivity index (χ4v) is 14.9. The Morgan fingerprint density at radius 1 is 0.435 bits per heavy atom. The van der Waals surface area contributed by atoms with Gasteiger partial charge in [0.05, 0.1) is 11.7 Å². The summed E-state index contributed by atoms with van der Waals surface area (Å²) in [5.41, 5.74) is -0.119. The molecule has 92 heavy (non-hydrogen) atoms. The predicted molar refractivity (Wildman–Crippen MR) is 295 cm³/mol. The van der Waals surface area contributed by atoms with Crippen LogP contribution in [-0.2, 0) is 12.8 Å². The van der Waals surface area contributed by atoms with Crippen LogP contribution in [0.15, 0.2) is 154 Å². The van der Waals surface area contributed by atoms with E-state index in [0.717, 1.165) is 47.2 Å². The standard InChI is InChI=1S/C61H43F26NO2P2/c1-2-3-16-39-25-22-38-15-10-21-46(49(38)88(39)92-89-44-26-23-36-13-4-6-19-42(36)47(44)48-43-20-7-5-14-37(43)24-27-45(48)90-92)91(40-17-8-11-34(32-40)28-30-50(62,63)52(66,67)54(70,71)56(74,75)58(78,79)60(82,83)84)41-18-9-12-35(33-41)29-31-51(64,65)53(68,69)55(72,73)57(76,77)59(80,81)61(85,86)87/h4-15,17-27,32-33,39H,2-3,16,28-31H2,1H3/t39-/m1/s1. The Morgan fingerprint density at radius 2 is 0.837 bits per heavy atom. The van der Waals surface area contributed by atoms with Gasteiger partial charge in [0.25, 0.3) is 0 Å². The summed E-state index contributed by atoms with van der Waals surface area (Å²) < 4.78 is 385. The van der Waals surface area contributed by atoms with Gasteiger partial charge in [0, 0.05) is 28.9 Å². The molecule has 0 saturated heterocycles. The SMILES string of the molecule is CCCC[C@@H]1C=Cc2cccc(P(c3cccc(CCC(F)(F)C(F)(F)C(F)(F)C(F)(F)C(F)(F)C(F)(F)F)c3)c3cccc(CCC(F)(F)C(F)(F)C(F)(F)C(F)(F)C(F)(F)C(F)(F)F)c3)c2N1p1oc2ccc3ccccc3c2c2c(ccc3ccccc32)o1. The number of unbranched alkanes of at least 4 members (excludes halogenated alkanes) is 1. The van der Waals surface area contributed by atoms with Crippen molar-refractivity contribution in [1.29, 1.82) is 0 Å². The van der Waals surface area contributed by atoms with Crippen molar-refractivity contribution in [3.05, 3.63) is 162 Å². The number of nitrogens with zero attached hydrogens (tertiary/aromatic N) is 1. The fourth-order valence-electron chi connectivity index (χ4n) is 10.5. The summed E-state index contributed by atoms with van der Waals surface area (Å²) in [6.45, 7) is 1.86. The minimum Gasteiger partial charge on any atom is -0.404 e. The van der Waals surface area contributed by atoms with Gasteiger partial charge < -0.3 is 8.39 Å². The highest BCUT2D eigenvalue weighted by atomic mass is 31.1. The molecular formula is C61H43F26NO2P2. The summed E-state index contributed by atoms with van der Waals surface area (Å²) in [6, 6.07) is 33.2. The van der Waals surface area contributed by atoms with Crippen LogP contribution in [0, 0.1) is 0 Å². The van der Waals surface area contributed by atoms with Crippen molar-refractivity contribution in [2.75, 3.05) is 4.67 Å². The lowest BCUT2D eigenvalue weighted by Gasteiger charge is -2.39. The van der Waals surface area contributed by atoms with Gasteiger partial charge in [-0.1, -0.05) is 159 Å². The van der Waals surface area contributed by atoms with Gasteiger partial charge in [0.2, 0.25) is 0 Å². The van der Waals surface area contributed by atoms with Crippen LogP contribution in [-0.4, -0.2) is 77.6 Å². The van der Waals surface area contributed by atoms with Crippen LogP contribution in [0.2, 0.25) is 0 Å². The lowest BCUT2D eigenvalue weighted by atomic mass is 9.91. The van der Waals surface area contributed by atoms with E-state index in [2.05, 4.69) is 0 Å². The van der Waals surface area contributed by atoms with Crippen LogP contribution < -0.4 is 20.6 Å². The first-order chi connectivity index (χ1) is 42.4. The van der Waals surface area contributed by atoms with Gasteiger partial charge in [-0.2, -0.15) is 114 Å². The predicted octanol–water partition coefficient (Wildman–Crippen LogP) is 21.6. The van der Waals surface area contributed by atoms with Crippen molar-refractivity contribution in [1.82, 2.24) is 0 Å². The summed E-state index contributed by atoms with van der Waals surface area (Å²) in [6.07, 6.45) is -19.1. The van der Waals surface area contributed by atoms with Crippen molar-refractivity contribution in [3.8, 4) is 0 Å². The Hall–Kier alpha value is -6.89. The van der Waals surface area contributed by atoms with Crippen LogP contribution in [0.5, 0.6) is 0 Å². The molecule has 0 saturated carbocycles. The monoisotopic (exact) mass is 1380 g/mol. The van der Waals surface area contributed by atoms with E-state index in [9.17, 15) is 79.0 Å². The van der Waals surface area contributed by atoms with E-state index >= 15 is 35.1 Å². The Kier molecular flexibility index (Phi) is 18.0. The molecule has 496 valence electrons. The average molecular weight is 1380 g/mol. The lowest BCUT2D eigenvalue weighted by molar-refractivity contribution is -0.440. The topological polar surface area (TPSA) is 29.5 Å². The molecule has 0 spiro atoms. The first-order valence-electron chi connectivity index (χ1n) is 27.1. The molecule has 2 heterocycles. The number of fused-ring (bicyclic) bond motifs is 8. The second kappa shape index (κ2) is 23.8. The Morgan fingerprint density at radius 3 is 1.25 bits per heavy atom. The highest BCUT2D eigenvalue weighted by Gasteiger charge is 2.92. The van der Waals surface area contributed by atoms with Gasteiger partial charge in [0.15, 0.2) is 0 Å². The summed E-state index contributed by atoms with van der Waals surface area (Å²) >= 11 is 0. The highest BCUT2D eigenvalue weighted by Crippen LogP contribution is 2.63. The molecule has 0 radical (unpaired) electrons. The molecule has 8 aromatic rings. The number of hydrogen-bond donors (Lipinski definition) is 0. The van der Waals surface area contributed by atoms with Gasteiger partial charge >= 0.3 is 79.7 Å². The van der Waals surface area contributed by atoms with Crippen LogP contribution in [0.4, 0.5) is 120 Å². The molecule has 3 nitrogen and oxygen atoms in total. The summed E-state index contributed by atoms with van der Waals surface area (Å²) in [5.74, 6) is -77.0. The first kappa shape index (κ1) is 69.5. The minimum atomic E-state index is -8.20. The molecule has 0 fully saturated rings. The van der Waals surface area contributed by atoms with Gasteiger partial charge in [-0.15, -0.1) is 0 Å². The average Bonchev–Trinajstić information content (AvgIpc) is 0.787. The third kappa shape index (κ3) is 11.4. The minimum absolute atomic E-state index is 0.114. The molecule has 0 aliphatic carbocycles. The molecule has 0 amide bonds. The quantitative estimate of drug-likeness (QED) is 0.0530. The number of anilines is 1. The molecule has 7 aromatic carbocycles. The van der Waals surface area contributed by atoms with Gasteiger partial charge in [0.1, 0.15) is 11.2 Å². The molecule has 1 aliphatic rings. The van der Waals surface area contributed by atoms with Crippen molar-refractivity contribution < 1.29 is 123 Å². The van der Waals surface area contributed by atoms with E-state index in [0.29, 0.717) is 46.4 Å². The summed E-state index contributed by atoms with van der Waals surface area (Å²) in [4.78, 5) is 0. The zero-order valence-electron chi connectivity index (χ0n) is 46.4. The van der Waals surface area contributed by atoms with Gasteiger partial charge in [-0.05, 0) is 88.2 Å². The van der Waals surface area contributed by atoms with Crippen LogP contribution in [0.25, 0.3) is 49.6 Å². The smallest absolute Gasteiger partial charge is 0.404 e. The maximum Gasteiger partial charge on any atom is 0.460 e. The van der Waals surface area contributed by atoms with E-state index in [1.807, 2.05) is 31.2 Å². The number of benzene rings is 7. The third-order valence-electron chi connectivity index (χ3n) is 15.5. The van der Waals surface area contributed by atoms with Crippen molar-refractivity contribution in [3.63, 3.8) is 0 Å². The van der Waals surface area contributed by atoms with Crippen LogP contribution in [0.3, 0.4) is 0 Å². The Labute approximate surface area is 505 Å². The number of halogens is 26. The summed E-state index contributed by atoms with van der Waals surface area (Å²) in [5, 5.41) is 3.93. The second-order valence-corrected chi connectivity index (χ2v) is 25.0. The Bertz CT molecular complexity index is 3900. The van der Waals surface area contributed by atoms with E-state index < -0.39 is 131 Å². The van der Waals surface area contributed by atoms with Crippen LogP contribution in [0.1, 0.15) is 55.7 Å². The van der Waals surface area contributed by atoms with E-state index in [-0.39, 0.29) is 32.8 Å². The zero-order valence-corrected chi connectivity index (χ0v) is 48.2. The molecule has 0 bridgehead atoms. The first-order valence-corrected chi connectivity index (χ1v) is 29.6. The molecule has 1 atom stereocenters. The fraction of sp³-hybridized carbons (Fsp3) is 0.344. The van der Waals surface area contributed by atoms with Crippen molar-refractivity contribution >= 4 is 87.2 Å². The van der Waals surface area contributed by atoms with Crippen molar-refractivity contribution in [2.24, 2.45) is 0 Å². The third-order valence-corrected chi connectivity index (χ3v) is 19.5. The second-order valence-electron chi connectivity index (χ2n) is 21.5. The normalized spacial score (nSPS) is 15.6. The number of rotatable bonds is 21. The maximum absolute atomic E-state index is 15.4. The number of aryl methyl sites for hydroxylation is 2. The van der Waals surface area contributed by atoms with Gasteiger partial charge in [-0.25, -0.2) is 0 Å². The van der Waals surface area contributed by atoms with E-state index in [4.69, 9.17) is 8.39 Å². The number of hydrogen-bond acceptors (Lipinski definition) is 3. The van der Waals surface area contributed by atoms with Crippen LogP contribution >= 0.6 is 16.1 Å². The highest BCUT2D eigenvalue weighted by molar-refractivity contribution is 7.80. The number of para-hydroxylation sites is 1. The van der Waals surface area contributed by atoms with Crippen molar-refractivity contribution in [2.45, 2.75) is 129 Å².